The molecule has 0 bridgehead atoms. The topological polar surface area (TPSA) is 139 Å². The summed E-state index contributed by atoms with van der Waals surface area (Å²) in [4.78, 5) is 42.7. The van der Waals surface area contributed by atoms with E-state index in [1.807, 2.05) is 66.7 Å². The van der Waals surface area contributed by atoms with Crippen LogP contribution >= 0.6 is 0 Å². The Labute approximate surface area is 243 Å². The second-order valence-corrected chi connectivity index (χ2v) is 9.13. The largest absolute Gasteiger partial charge is 0.366 e. The van der Waals surface area contributed by atoms with Crippen LogP contribution in [0.25, 0.3) is 11.1 Å². The van der Waals surface area contributed by atoms with Crippen molar-refractivity contribution in [3.05, 3.63) is 138 Å². The standard InChI is InChI=1S/C26H23N5O2.C7H7NO/c1-18(32)29-23-12-6-11-22(16-23)21-10-5-7-19(15-21)17-28-26-27-14-13-24(31-26)30-25(33)20-8-3-2-4-9-20;8-7(9)6-4-2-1-3-5-6/h2-16H,17H2,1H3,(H,29,32)(H2,27,28,30,31,33);1-5H,(H2,8,9). The molecule has 0 atom stereocenters. The Kier molecular flexibility index (Phi) is 10.1. The summed E-state index contributed by atoms with van der Waals surface area (Å²) in [6, 6.07) is 35.2. The SMILES string of the molecule is CC(=O)Nc1cccc(-c2cccc(CNc3nccc(NC(=O)c4ccccc4)n3)c2)c1.NC(=O)c1ccccc1. The van der Waals surface area contributed by atoms with Gasteiger partial charge in [0.15, 0.2) is 0 Å². The number of benzene rings is 4. The number of carbonyl (C=O) groups excluding carboxylic acids is 3. The third-order valence-corrected chi connectivity index (χ3v) is 5.89. The van der Waals surface area contributed by atoms with Crippen molar-refractivity contribution in [1.29, 1.82) is 0 Å². The van der Waals surface area contributed by atoms with E-state index in [4.69, 9.17) is 5.73 Å². The van der Waals surface area contributed by atoms with E-state index in [9.17, 15) is 14.4 Å². The number of rotatable bonds is 8. The van der Waals surface area contributed by atoms with E-state index in [1.54, 1.807) is 48.7 Å². The molecular weight excluding hydrogens is 528 g/mol. The first-order valence-electron chi connectivity index (χ1n) is 13.1. The molecular formula is C33H30N6O3. The third kappa shape index (κ3) is 8.85. The zero-order chi connectivity index (χ0) is 29.7. The molecule has 0 fully saturated rings. The van der Waals surface area contributed by atoms with Crippen LogP contribution in [0.3, 0.4) is 0 Å². The van der Waals surface area contributed by atoms with Gasteiger partial charge in [0.1, 0.15) is 5.82 Å². The van der Waals surface area contributed by atoms with Crippen molar-refractivity contribution in [3.63, 3.8) is 0 Å². The van der Waals surface area contributed by atoms with Gasteiger partial charge in [-0.15, -0.1) is 0 Å². The Hall–Kier alpha value is -5.83. The maximum absolute atomic E-state index is 12.3. The Bertz CT molecular complexity index is 1660. The summed E-state index contributed by atoms with van der Waals surface area (Å²) in [5.41, 5.74) is 9.92. The van der Waals surface area contributed by atoms with Gasteiger partial charge >= 0.3 is 0 Å². The van der Waals surface area contributed by atoms with Crippen molar-refractivity contribution in [2.45, 2.75) is 13.5 Å². The van der Waals surface area contributed by atoms with Crippen LogP contribution in [0, 0.1) is 0 Å². The van der Waals surface area contributed by atoms with Crippen LogP contribution in [0.5, 0.6) is 0 Å². The van der Waals surface area contributed by atoms with Gasteiger partial charge in [0.2, 0.25) is 17.8 Å². The van der Waals surface area contributed by atoms with E-state index in [2.05, 4.69) is 32.0 Å². The maximum Gasteiger partial charge on any atom is 0.256 e. The molecule has 3 amide bonds. The number of anilines is 3. The van der Waals surface area contributed by atoms with E-state index in [0.717, 1.165) is 22.4 Å². The monoisotopic (exact) mass is 558 g/mol. The number of amides is 3. The van der Waals surface area contributed by atoms with Crippen molar-refractivity contribution < 1.29 is 14.4 Å². The van der Waals surface area contributed by atoms with Crippen LogP contribution in [-0.2, 0) is 11.3 Å². The van der Waals surface area contributed by atoms with Crippen LogP contribution in [0.2, 0.25) is 0 Å². The number of nitrogens with one attached hydrogen (secondary N) is 3. The summed E-state index contributed by atoms with van der Waals surface area (Å²) in [7, 11) is 0. The highest BCUT2D eigenvalue weighted by molar-refractivity contribution is 6.03. The average molecular weight is 559 g/mol. The maximum atomic E-state index is 12.3. The number of carbonyl (C=O) groups is 3. The van der Waals surface area contributed by atoms with Gasteiger partial charge in [-0.25, -0.2) is 4.98 Å². The lowest BCUT2D eigenvalue weighted by Crippen LogP contribution is -2.14. The van der Waals surface area contributed by atoms with Crippen LogP contribution in [-0.4, -0.2) is 27.7 Å². The molecule has 0 aliphatic carbocycles. The van der Waals surface area contributed by atoms with Gasteiger partial charge in [-0.1, -0.05) is 66.7 Å². The highest BCUT2D eigenvalue weighted by atomic mass is 16.2. The van der Waals surface area contributed by atoms with Gasteiger partial charge in [0.25, 0.3) is 5.91 Å². The smallest absolute Gasteiger partial charge is 0.256 e. The molecule has 0 spiro atoms. The molecule has 0 aliphatic rings. The summed E-state index contributed by atoms with van der Waals surface area (Å²) >= 11 is 0. The Morgan fingerprint density at radius 1 is 0.714 bits per heavy atom. The van der Waals surface area contributed by atoms with Gasteiger partial charge < -0.3 is 21.7 Å². The van der Waals surface area contributed by atoms with Crippen molar-refractivity contribution in [2.75, 3.05) is 16.0 Å². The Balaban J connectivity index is 0.000000385. The molecule has 4 aromatic carbocycles. The Morgan fingerprint density at radius 3 is 2.00 bits per heavy atom. The first-order valence-corrected chi connectivity index (χ1v) is 13.1. The predicted molar refractivity (Wildman–Crippen MR) is 165 cm³/mol. The molecule has 5 N–H and O–H groups in total. The minimum absolute atomic E-state index is 0.104. The zero-order valence-corrected chi connectivity index (χ0v) is 23.0. The van der Waals surface area contributed by atoms with Crippen LogP contribution < -0.4 is 21.7 Å². The fourth-order valence-electron chi connectivity index (χ4n) is 3.92. The van der Waals surface area contributed by atoms with Gasteiger partial charge in [-0.2, -0.15) is 4.98 Å². The number of nitrogens with two attached hydrogens (primary N) is 1. The molecule has 0 saturated heterocycles. The average Bonchev–Trinajstić information content (AvgIpc) is 3.01. The molecule has 9 heteroatoms. The molecule has 0 aliphatic heterocycles. The van der Waals surface area contributed by atoms with Crippen molar-refractivity contribution >= 4 is 35.2 Å². The summed E-state index contributed by atoms with van der Waals surface area (Å²) in [5.74, 6) is 0.126. The normalized spacial score (nSPS) is 10.0. The van der Waals surface area contributed by atoms with E-state index in [0.29, 0.717) is 29.4 Å². The highest BCUT2D eigenvalue weighted by Crippen LogP contribution is 2.24. The number of aromatic nitrogens is 2. The minimum Gasteiger partial charge on any atom is -0.366 e. The first kappa shape index (κ1) is 29.2. The van der Waals surface area contributed by atoms with E-state index >= 15 is 0 Å². The van der Waals surface area contributed by atoms with E-state index in [1.165, 1.54) is 6.92 Å². The molecule has 0 radical (unpaired) electrons. The third-order valence-electron chi connectivity index (χ3n) is 5.89. The Morgan fingerprint density at radius 2 is 1.36 bits per heavy atom. The number of hydrogen-bond acceptors (Lipinski definition) is 6. The second kappa shape index (κ2) is 14.5. The first-order chi connectivity index (χ1) is 20.4. The van der Waals surface area contributed by atoms with Gasteiger partial charge in [-0.05, 0) is 65.2 Å². The van der Waals surface area contributed by atoms with Crippen molar-refractivity contribution in [2.24, 2.45) is 5.73 Å². The van der Waals surface area contributed by atoms with E-state index in [-0.39, 0.29) is 17.7 Å². The molecule has 0 unspecified atom stereocenters. The zero-order valence-electron chi connectivity index (χ0n) is 23.0. The van der Waals surface area contributed by atoms with Crippen LogP contribution in [0.4, 0.5) is 17.5 Å². The molecule has 1 heterocycles. The quantitative estimate of drug-likeness (QED) is 0.191. The molecule has 0 saturated carbocycles. The second-order valence-electron chi connectivity index (χ2n) is 9.13. The van der Waals surface area contributed by atoms with Crippen LogP contribution in [0.1, 0.15) is 33.2 Å². The lowest BCUT2D eigenvalue weighted by Gasteiger charge is -2.10. The minimum atomic E-state index is -0.379. The number of hydrogen-bond donors (Lipinski definition) is 4. The molecule has 1 aromatic heterocycles. The molecule has 9 nitrogen and oxygen atoms in total. The molecule has 210 valence electrons. The summed E-state index contributed by atoms with van der Waals surface area (Å²) in [5, 5.41) is 8.79. The lowest BCUT2D eigenvalue weighted by molar-refractivity contribution is -0.114. The lowest BCUT2D eigenvalue weighted by atomic mass is 10.0. The molecule has 42 heavy (non-hydrogen) atoms. The highest BCUT2D eigenvalue weighted by Gasteiger charge is 2.08. The molecule has 5 rings (SSSR count). The fourth-order valence-corrected chi connectivity index (χ4v) is 3.92. The van der Waals surface area contributed by atoms with Gasteiger partial charge in [0, 0.05) is 36.5 Å². The fraction of sp³-hybridized carbons (Fsp3) is 0.0606. The van der Waals surface area contributed by atoms with Crippen molar-refractivity contribution in [3.8, 4) is 11.1 Å². The van der Waals surface area contributed by atoms with Crippen molar-refractivity contribution in [1.82, 2.24) is 9.97 Å². The van der Waals surface area contributed by atoms with Gasteiger partial charge in [-0.3, -0.25) is 14.4 Å². The summed E-state index contributed by atoms with van der Waals surface area (Å²) in [6.45, 7) is 2.00. The predicted octanol–water partition coefficient (Wildman–Crippen LogP) is 5.75. The van der Waals surface area contributed by atoms with Gasteiger partial charge in [0.05, 0.1) is 0 Å². The van der Waals surface area contributed by atoms with E-state index < -0.39 is 0 Å². The number of nitrogens with zero attached hydrogens (tertiary/aromatic N) is 2. The van der Waals surface area contributed by atoms with Crippen LogP contribution in [0.15, 0.2) is 121 Å². The summed E-state index contributed by atoms with van der Waals surface area (Å²) < 4.78 is 0. The number of primary amides is 1. The summed E-state index contributed by atoms with van der Waals surface area (Å²) in [6.07, 6.45) is 1.60. The molecule has 5 aromatic rings.